The van der Waals surface area contributed by atoms with Crippen molar-refractivity contribution in [3.8, 4) is 5.75 Å². The van der Waals surface area contributed by atoms with Crippen molar-refractivity contribution in [2.75, 3.05) is 28.6 Å². The Bertz CT molecular complexity index is 925. The van der Waals surface area contributed by atoms with Crippen molar-refractivity contribution in [1.82, 2.24) is 0 Å². The Morgan fingerprint density at radius 2 is 1.85 bits per heavy atom. The molecule has 0 aromatic heterocycles. The number of sulfonamides is 1. The molecule has 144 valence electrons. The van der Waals surface area contributed by atoms with E-state index in [4.69, 9.17) is 4.74 Å². The molecule has 2 aromatic rings. The van der Waals surface area contributed by atoms with Crippen LogP contribution in [0.15, 0.2) is 48.5 Å². The van der Waals surface area contributed by atoms with Crippen molar-refractivity contribution in [2.24, 2.45) is 0 Å². The van der Waals surface area contributed by atoms with Crippen molar-refractivity contribution in [3.05, 3.63) is 54.1 Å². The van der Waals surface area contributed by atoms with E-state index in [1.807, 2.05) is 38.1 Å². The van der Waals surface area contributed by atoms with Gasteiger partial charge in [0.25, 0.3) is 0 Å². The number of hydrogen-bond donors (Lipinski definition) is 0. The quantitative estimate of drug-likeness (QED) is 0.763. The minimum Gasteiger partial charge on any atom is -0.494 e. The monoisotopic (exact) mass is 388 g/mol. The second-order valence-electron chi connectivity index (χ2n) is 6.64. The average molecular weight is 388 g/mol. The predicted molar refractivity (Wildman–Crippen MR) is 107 cm³/mol. The highest BCUT2D eigenvalue weighted by atomic mass is 32.2. The van der Waals surface area contributed by atoms with E-state index in [1.165, 1.54) is 0 Å². The molecule has 0 bridgehead atoms. The first-order chi connectivity index (χ1) is 12.8. The lowest BCUT2D eigenvalue weighted by Crippen LogP contribution is -2.45. The average Bonchev–Trinajstić information content (AvgIpc) is 2.95. The second kappa shape index (κ2) is 7.60. The molecule has 1 atom stereocenters. The summed E-state index contributed by atoms with van der Waals surface area (Å²) in [5.74, 6) is 0.412. The van der Waals surface area contributed by atoms with Gasteiger partial charge in [-0.15, -0.1) is 0 Å². The normalized spacial score (nSPS) is 16.1. The number of nitrogens with zero attached hydrogens (tertiary/aromatic N) is 2. The number of fused-ring (bicyclic) bond motifs is 1. The fourth-order valence-electron chi connectivity index (χ4n) is 3.42. The lowest BCUT2D eigenvalue weighted by atomic mass is 10.1. The van der Waals surface area contributed by atoms with E-state index in [1.54, 1.807) is 29.2 Å². The number of rotatable bonds is 6. The Morgan fingerprint density at radius 1 is 1.19 bits per heavy atom. The van der Waals surface area contributed by atoms with E-state index in [-0.39, 0.29) is 18.5 Å². The fourth-order valence-corrected chi connectivity index (χ4v) is 4.27. The molecule has 1 aliphatic rings. The van der Waals surface area contributed by atoms with Crippen LogP contribution in [0.25, 0.3) is 0 Å². The van der Waals surface area contributed by atoms with Gasteiger partial charge in [0.2, 0.25) is 15.9 Å². The van der Waals surface area contributed by atoms with Crippen LogP contribution in [-0.4, -0.2) is 39.8 Å². The molecular weight excluding hydrogens is 364 g/mol. The van der Waals surface area contributed by atoms with Gasteiger partial charge in [0.05, 0.1) is 18.6 Å². The molecule has 6 nitrogen and oxygen atoms in total. The molecule has 1 unspecified atom stereocenters. The van der Waals surface area contributed by atoms with Crippen LogP contribution in [-0.2, 0) is 21.2 Å². The third-order valence-corrected chi connectivity index (χ3v) is 5.73. The van der Waals surface area contributed by atoms with Crippen molar-refractivity contribution >= 4 is 27.3 Å². The van der Waals surface area contributed by atoms with Crippen LogP contribution in [0.5, 0.6) is 5.75 Å². The molecule has 0 N–H and O–H groups in total. The number of carbonyl (C=O) groups excluding carboxylic acids is 1. The third-order valence-electron chi connectivity index (χ3n) is 4.59. The second-order valence-corrected chi connectivity index (χ2v) is 8.55. The first-order valence-corrected chi connectivity index (χ1v) is 10.8. The first kappa shape index (κ1) is 19.2. The molecule has 2 aromatic carbocycles. The number of amides is 1. The van der Waals surface area contributed by atoms with Crippen molar-refractivity contribution in [1.29, 1.82) is 0 Å². The Labute approximate surface area is 160 Å². The maximum Gasteiger partial charge on any atom is 0.248 e. The lowest BCUT2D eigenvalue weighted by Gasteiger charge is -2.28. The molecule has 27 heavy (non-hydrogen) atoms. The highest BCUT2D eigenvalue weighted by Crippen LogP contribution is 2.32. The highest BCUT2D eigenvalue weighted by molar-refractivity contribution is 7.92. The van der Waals surface area contributed by atoms with Gasteiger partial charge in [-0.2, -0.15) is 0 Å². The Balaban J connectivity index is 1.86. The third kappa shape index (κ3) is 4.08. The number of hydrogen-bond acceptors (Lipinski definition) is 4. The van der Waals surface area contributed by atoms with Crippen LogP contribution in [0.1, 0.15) is 19.4 Å². The topological polar surface area (TPSA) is 66.9 Å². The minimum absolute atomic E-state index is 0.00311. The highest BCUT2D eigenvalue weighted by Gasteiger charge is 2.33. The molecule has 0 spiro atoms. The summed E-state index contributed by atoms with van der Waals surface area (Å²) in [5.41, 5.74) is 2.40. The van der Waals surface area contributed by atoms with Gasteiger partial charge in [0.1, 0.15) is 12.3 Å². The Kier molecular flexibility index (Phi) is 5.41. The van der Waals surface area contributed by atoms with Gasteiger partial charge in [-0.25, -0.2) is 8.42 Å². The summed E-state index contributed by atoms with van der Waals surface area (Å²) in [6.07, 6.45) is 1.88. The molecular formula is C20H24N2O4S. The smallest absolute Gasteiger partial charge is 0.248 e. The fraction of sp³-hybridized carbons (Fsp3) is 0.350. The summed E-state index contributed by atoms with van der Waals surface area (Å²) in [4.78, 5) is 14.7. The summed E-state index contributed by atoms with van der Waals surface area (Å²) < 4.78 is 31.2. The number of carbonyl (C=O) groups is 1. The van der Waals surface area contributed by atoms with E-state index in [2.05, 4.69) is 0 Å². The van der Waals surface area contributed by atoms with E-state index < -0.39 is 10.0 Å². The largest absolute Gasteiger partial charge is 0.494 e. The minimum atomic E-state index is -3.62. The first-order valence-electron chi connectivity index (χ1n) is 8.91. The summed E-state index contributed by atoms with van der Waals surface area (Å²) in [5, 5.41) is 0. The van der Waals surface area contributed by atoms with Gasteiger partial charge in [0.15, 0.2) is 0 Å². The maximum atomic E-state index is 13.0. The van der Waals surface area contributed by atoms with Gasteiger partial charge >= 0.3 is 0 Å². The predicted octanol–water partition coefficient (Wildman–Crippen LogP) is 2.83. The zero-order valence-corrected chi connectivity index (χ0v) is 16.6. The Morgan fingerprint density at radius 3 is 2.48 bits per heavy atom. The van der Waals surface area contributed by atoms with Crippen molar-refractivity contribution < 1.29 is 17.9 Å². The van der Waals surface area contributed by atoms with Crippen LogP contribution >= 0.6 is 0 Å². The molecule has 0 saturated carbocycles. The number of para-hydroxylation sites is 1. The Hall–Kier alpha value is -2.54. The summed E-state index contributed by atoms with van der Waals surface area (Å²) >= 11 is 0. The standard InChI is InChI=1S/C20H24N2O4S/c1-4-26-18-11-9-17(10-12-18)21(27(3,24)25)14-20(23)22-15(2)13-16-7-5-6-8-19(16)22/h5-12,15H,4,13-14H2,1-3H3. The van der Waals surface area contributed by atoms with Gasteiger partial charge in [-0.05, 0) is 56.2 Å². The molecule has 0 fully saturated rings. The number of ether oxygens (including phenoxy) is 1. The molecule has 1 aliphatic heterocycles. The van der Waals surface area contributed by atoms with E-state index >= 15 is 0 Å². The van der Waals surface area contributed by atoms with Crippen molar-refractivity contribution in [2.45, 2.75) is 26.3 Å². The van der Waals surface area contributed by atoms with Gasteiger partial charge in [-0.1, -0.05) is 18.2 Å². The molecule has 3 rings (SSSR count). The van der Waals surface area contributed by atoms with E-state index in [0.717, 1.165) is 28.2 Å². The van der Waals surface area contributed by atoms with Gasteiger partial charge in [-0.3, -0.25) is 9.10 Å². The van der Waals surface area contributed by atoms with E-state index in [9.17, 15) is 13.2 Å². The van der Waals surface area contributed by atoms with Crippen LogP contribution < -0.4 is 13.9 Å². The molecule has 7 heteroatoms. The van der Waals surface area contributed by atoms with E-state index in [0.29, 0.717) is 18.0 Å². The van der Waals surface area contributed by atoms with Crippen molar-refractivity contribution in [3.63, 3.8) is 0 Å². The van der Waals surface area contributed by atoms with Gasteiger partial charge < -0.3 is 9.64 Å². The van der Waals surface area contributed by atoms with Crippen LogP contribution in [0.3, 0.4) is 0 Å². The summed E-state index contributed by atoms with van der Waals surface area (Å²) in [6.45, 7) is 4.13. The molecule has 1 amide bonds. The number of anilines is 2. The number of benzene rings is 2. The molecule has 0 radical (unpaired) electrons. The summed E-state index contributed by atoms with van der Waals surface area (Å²) in [6, 6.07) is 14.4. The molecule has 0 saturated heterocycles. The van der Waals surface area contributed by atoms with Crippen LogP contribution in [0, 0.1) is 0 Å². The zero-order valence-electron chi connectivity index (χ0n) is 15.8. The van der Waals surface area contributed by atoms with Gasteiger partial charge in [0, 0.05) is 11.7 Å². The SMILES string of the molecule is CCOc1ccc(N(CC(=O)N2c3ccccc3CC2C)S(C)(=O)=O)cc1. The lowest BCUT2D eigenvalue weighted by molar-refractivity contribution is -0.117. The van der Waals surface area contributed by atoms with Crippen LogP contribution in [0.4, 0.5) is 11.4 Å². The van der Waals surface area contributed by atoms with Crippen LogP contribution in [0.2, 0.25) is 0 Å². The summed E-state index contributed by atoms with van der Waals surface area (Å²) in [7, 11) is -3.62. The molecule has 0 aliphatic carbocycles. The zero-order chi connectivity index (χ0) is 19.6. The molecule has 1 heterocycles. The maximum absolute atomic E-state index is 13.0.